The SMILES string of the molecule is CO[C@H](c1ccccc1OCc1ccccc1)[C@@H](C)O. The van der Waals surface area contributed by atoms with Crippen molar-refractivity contribution in [1.29, 1.82) is 0 Å². The van der Waals surface area contributed by atoms with E-state index >= 15 is 0 Å². The zero-order valence-electron chi connectivity index (χ0n) is 11.8. The number of para-hydroxylation sites is 1. The standard InChI is InChI=1S/C17H20O3/c1-13(18)17(19-2)15-10-6-7-11-16(15)20-12-14-8-4-3-5-9-14/h3-11,13,17-18H,12H2,1-2H3/t13-,17+/m1/s1. The highest BCUT2D eigenvalue weighted by molar-refractivity contribution is 5.36. The predicted molar refractivity (Wildman–Crippen MR) is 78.6 cm³/mol. The normalized spacial score (nSPS) is 13.8. The molecule has 2 atom stereocenters. The van der Waals surface area contributed by atoms with E-state index < -0.39 is 6.10 Å². The van der Waals surface area contributed by atoms with Crippen LogP contribution in [-0.4, -0.2) is 18.3 Å². The molecule has 2 aromatic carbocycles. The third-order valence-electron chi connectivity index (χ3n) is 3.15. The molecule has 0 unspecified atom stereocenters. The number of hydrogen-bond donors (Lipinski definition) is 1. The van der Waals surface area contributed by atoms with Crippen LogP contribution in [0.1, 0.15) is 24.2 Å². The van der Waals surface area contributed by atoms with Crippen molar-refractivity contribution in [3.63, 3.8) is 0 Å². The van der Waals surface area contributed by atoms with Gasteiger partial charge in [-0.15, -0.1) is 0 Å². The summed E-state index contributed by atoms with van der Waals surface area (Å²) in [4.78, 5) is 0. The number of benzene rings is 2. The molecule has 0 fully saturated rings. The van der Waals surface area contributed by atoms with Crippen LogP contribution in [0, 0.1) is 0 Å². The Morgan fingerprint density at radius 2 is 1.65 bits per heavy atom. The molecule has 0 heterocycles. The van der Waals surface area contributed by atoms with Crippen molar-refractivity contribution in [3.05, 3.63) is 65.7 Å². The van der Waals surface area contributed by atoms with Gasteiger partial charge in [0.15, 0.2) is 0 Å². The van der Waals surface area contributed by atoms with Gasteiger partial charge in [-0.05, 0) is 18.6 Å². The van der Waals surface area contributed by atoms with Crippen LogP contribution < -0.4 is 4.74 Å². The number of aliphatic hydroxyl groups excluding tert-OH is 1. The van der Waals surface area contributed by atoms with Crippen molar-refractivity contribution in [2.45, 2.75) is 25.7 Å². The minimum absolute atomic E-state index is 0.387. The van der Waals surface area contributed by atoms with Crippen molar-refractivity contribution in [2.75, 3.05) is 7.11 Å². The second-order valence-electron chi connectivity index (χ2n) is 4.71. The van der Waals surface area contributed by atoms with Gasteiger partial charge < -0.3 is 14.6 Å². The third kappa shape index (κ3) is 3.59. The Bertz CT molecular complexity index is 523. The molecule has 0 radical (unpaired) electrons. The number of aliphatic hydroxyl groups is 1. The lowest BCUT2D eigenvalue weighted by Crippen LogP contribution is -2.17. The molecule has 0 spiro atoms. The Hall–Kier alpha value is -1.84. The zero-order valence-corrected chi connectivity index (χ0v) is 11.8. The molecule has 0 saturated carbocycles. The van der Waals surface area contributed by atoms with Crippen LogP contribution in [-0.2, 0) is 11.3 Å². The Kier molecular flexibility index (Phi) is 5.16. The van der Waals surface area contributed by atoms with Gasteiger partial charge in [0, 0.05) is 12.7 Å². The molecule has 0 aliphatic heterocycles. The van der Waals surface area contributed by atoms with E-state index in [9.17, 15) is 5.11 Å². The van der Waals surface area contributed by atoms with Gasteiger partial charge in [0.05, 0.1) is 6.10 Å². The molecular weight excluding hydrogens is 252 g/mol. The topological polar surface area (TPSA) is 38.7 Å². The van der Waals surface area contributed by atoms with Gasteiger partial charge in [-0.25, -0.2) is 0 Å². The molecule has 0 amide bonds. The van der Waals surface area contributed by atoms with Gasteiger partial charge in [0.2, 0.25) is 0 Å². The molecule has 20 heavy (non-hydrogen) atoms. The summed E-state index contributed by atoms with van der Waals surface area (Å²) < 4.78 is 11.2. The Labute approximate surface area is 119 Å². The first kappa shape index (κ1) is 14.6. The second kappa shape index (κ2) is 7.08. The molecule has 0 aliphatic carbocycles. The van der Waals surface area contributed by atoms with Gasteiger partial charge in [-0.1, -0.05) is 48.5 Å². The van der Waals surface area contributed by atoms with Crippen molar-refractivity contribution in [3.8, 4) is 5.75 Å². The predicted octanol–water partition coefficient (Wildman–Crippen LogP) is 3.33. The van der Waals surface area contributed by atoms with E-state index in [2.05, 4.69) is 0 Å². The highest BCUT2D eigenvalue weighted by atomic mass is 16.5. The van der Waals surface area contributed by atoms with Gasteiger partial charge in [0.1, 0.15) is 18.5 Å². The maximum atomic E-state index is 9.79. The summed E-state index contributed by atoms with van der Waals surface area (Å²) in [5.74, 6) is 0.740. The molecule has 3 nitrogen and oxygen atoms in total. The van der Waals surface area contributed by atoms with E-state index in [1.165, 1.54) is 0 Å². The van der Waals surface area contributed by atoms with E-state index in [0.29, 0.717) is 6.61 Å². The second-order valence-corrected chi connectivity index (χ2v) is 4.71. The molecule has 0 aliphatic rings. The van der Waals surface area contributed by atoms with Crippen LogP contribution in [0.5, 0.6) is 5.75 Å². The smallest absolute Gasteiger partial charge is 0.125 e. The van der Waals surface area contributed by atoms with Crippen LogP contribution in [0.15, 0.2) is 54.6 Å². The van der Waals surface area contributed by atoms with Crippen molar-refractivity contribution in [2.24, 2.45) is 0 Å². The number of methoxy groups -OCH3 is 1. The monoisotopic (exact) mass is 272 g/mol. The molecule has 1 N–H and O–H groups in total. The van der Waals surface area contributed by atoms with Gasteiger partial charge in [-0.3, -0.25) is 0 Å². The molecule has 2 rings (SSSR count). The fourth-order valence-electron chi connectivity index (χ4n) is 2.17. The summed E-state index contributed by atoms with van der Waals surface area (Å²) in [5.41, 5.74) is 1.97. The summed E-state index contributed by atoms with van der Waals surface area (Å²) in [6, 6.07) is 17.6. The Morgan fingerprint density at radius 1 is 1.00 bits per heavy atom. The fraction of sp³-hybridized carbons (Fsp3) is 0.294. The number of ether oxygens (including phenoxy) is 2. The first-order valence-electron chi connectivity index (χ1n) is 6.69. The molecule has 3 heteroatoms. The third-order valence-corrected chi connectivity index (χ3v) is 3.15. The first-order valence-corrected chi connectivity index (χ1v) is 6.69. The van der Waals surface area contributed by atoms with E-state index in [-0.39, 0.29) is 6.10 Å². The fourth-order valence-corrected chi connectivity index (χ4v) is 2.17. The number of rotatable bonds is 6. The average Bonchev–Trinajstić information content (AvgIpc) is 2.48. The maximum Gasteiger partial charge on any atom is 0.125 e. The van der Waals surface area contributed by atoms with Crippen LogP contribution in [0.2, 0.25) is 0 Å². The lowest BCUT2D eigenvalue weighted by molar-refractivity contribution is -0.00514. The van der Waals surface area contributed by atoms with E-state index in [1.807, 2.05) is 54.6 Å². The summed E-state index contributed by atoms with van der Waals surface area (Å²) >= 11 is 0. The first-order chi connectivity index (χ1) is 9.72. The van der Waals surface area contributed by atoms with Crippen molar-refractivity contribution < 1.29 is 14.6 Å². The highest BCUT2D eigenvalue weighted by Crippen LogP contribution is 2.30. The summed E-state index contributed by atoms with van der Waals surface area (Å²) in [5, 5.41) is 9.79. The average molecular weight is 272 g/mol. The zero-order chi connectivity index (χ0) is 14.4. The molecule has 0 bridgehead atoms. The van der Waals surface area contributed by atoms with Gasteiger partial charge in [0.25, 0.3) is 0 Å². The van der Waals surface area contributed by atoms with Crippen LogP contribution in [0.25, 0.3) is 0 Å². The lowest BCUT2D eigenvalue weighted by atomic mass is 10.0. The highest BCUT2D eigenvalue weighted by Gasteiger charge is 2.20. The number of hydrogen-bond acceptors (Lipinski definition) is 3. The molecule has 106 valence electrons. The van der Waals surface area contributed by atoms with E-state index in [4.69, 9.17) is 9.47 Å². The largest absolute Gasteiger partial charge is 0.489 e. The maximum absolute atomic E-state index is 9.79. The van der Waals surface area contributed by atoms with E-state index in [0.717, 1.165) is 16.9 Å². The van der Waals surface area contributed by atoms with E-state index in [1.54, 1.807) is 14.0 Å². The minimum Gasteiger partial charge on any atom is -0.489 e. The Morgan fingerprint density at radius 3 is 2.30 bits per heavy atom. The van der Waals surface area contributed by atoms with Crippen LogP contribution in [0.3, 0.4) is 0 Å². The van der Waals surface area contributed by atoms with Gasteiger partial charge >= 0.3 is 0 Å². The molecule has 0 saturated heterocycles. The lowest BCUT2D eigenvalue weighted by Gasteiger charge is -2.21. The van der Waals surface area contributed by atoms with Gasteiger partial charge in [-0.2, -0.15) is 0 Å². The summed E-state index contributed by atoms with van der Waals surface area (Å²) in [7, 11) is 1.59. The molecule has 2 aromatic rings. The summed E-state index contributed by atoms with van der Waals surface area (Å²) in [6.07, 6.45) is -0.983. The van der Waals surface area contributed by atoms with Crippen LogP contribution in [0.4, 0.5) is 0 Å². The van der Waals surface area contributed by atoms with Crippen molar-refractivity contribution in [1.82, 2.24) is 0 Å². The Balaban J connectivity index is 2.15. The van der Waals surface area contributed by atoms with Crippen LogP contribution >= 0.6 is 0 Å². The quantitative estimate of drug-likeness (QED) is 0.876. The van der Waals surface area contributed by atoms with Crippen molar-refractivity contribution >= 4 is 0 Å². The molecule has 0 aromatic heterocycles. The minimum atomic E-state index is -0.596. The summed E-state index contributed by atoms with van der Waals surface area (Å²) in [6.45, 7) is 2.20. The molecular formula is C17H20O3.